The summed E-state index contributed by atoms with van der Waals surface area (Å²) in [5.41, 5.74) is 5.33. The molecule has 15 heavy (non-hydrogen) atoms. The van der Waals surface area contributed by atoms with E-state index < -0.39 is 0 Å². The predicted octanol–water partition coefficient (Wildman–Crippen LogP) is 1.80. The van der Waals surface area contributed by atoms with Crippen LogP contribution in [0.25, 0.3) is 0 Å². The van der Waals surface area contributed by atoms with Gasteiger partial charge in [0.1, 0.15) is 5.82 Å². The molecule has 0 aliphatic heterocycles. The van der Waals surface area contributed by atoms with Gasteiger partial charge in [0.2, 0.25) is 5.91 Å². The highest BCUT2D eigenvalue weighted by Gasteiger charge is 2.02. The summed E-state index contributed by atoms with van der Waals surface area (Å²) in [4.78, 5) is 15.3. The fourth-order valence-electron chi connectivity index (χ4n) is 1.11. The second-order valence-electron chi connectivity index (χ2n) is 3.15. The molecule has 0 fully saturated rings. The lowest BCUT2D eigenvalue weighted by Gasteiger charge is -2.03. The van der Waals surface area contributed by atoms with Crippen molar-refractivity contribution in [1.82, 2.24) is 4.98 Å². The van der Waals surface area contributed by atoms with Gasteiger partial charge in [0, 0.05) is 17.6 Å². The molecule has 1 aromatic rings. The van der Waals surface area contributed by atoms with Crippen LogP contribution in [0.4, 0.5) is 5.82 Å². The first-order valence-corrected chi connectivity index (χ1v) is 5.21. The van der Waals surface area contributed by atoms with Crippen molar-refractivity contribution in [1.29, 1.82) is 0 Å². The van der Waals surface area contributed by atoms with E-state index in [1.54, 1.807) is 18.3 Å². The molecule has 0 saturated heterocycles. The maximum absolute atomic E-state index is 11.4. The zero-order chi connectivity index (χ0) is 11.1. The van der Waals surface area contributed by atoms with Gasteiger partial charge >= 0.3 is 0 Å². The van der Waals surface area contributed by atoms with Crippen LogP contribution in [0.1, 0.15) is 19.3 Å². The number of carbonyl (C=O) groups excluding carboxylic acids is 1. The van der Waals surface area contributed by atoms with Gasteiger partial charge in [0.25, 0.3) is 0 Å². The third-order valence-corrected chi connectivity index (χ3v) is 2.08. The fourth-order valence-corrected chi connectivity index (χ4v) is 1.27. The van der Waals surface area contributed by atoms with Crippen LogP contribution < -0.4 is 11.1 Å². The zero-order valence-electron chi connectivity index (χ0n) is 8.37. The van der Waals surface area contributed by atoms with Gasteiger partial charge in [-0.2, -0.15) is 0 Å². The van der Waals surface area contributed by atoms with E-state index in [1.807, 2.05) is 0 Å². The van der Waals surface area contributed by atoms with E-state index in [-0.39, 0.29) is 5.91 Å². The maximum atomic E-state index is 11.4. The molecule has 1 rings (SSSR count). The average Bonchev–Trinajstić information content (AvgIpc) is 2.18. The molecule has 0 saturated carbocycles. The molecule has 0 spiro atoms. The molecule has 1 aromatic heterocycles. The Morgan fingerprint density at radius 2 is 2.33 bits per heavy atom. The molecule has 1 amide bonds. The van der Waals surface area contributed by atoms with E-state index in [0.29, 0.717) is 23.8 Å². The van der Waals surface area contributed by atoms with Crippen LogP contribution in [-0.4, -0.2) is 17.4 Å². The largest absolute Gasteiger partial charge is 0.330 e. The van der Waals surface area contributed by atoms with Crippen molar-refractivity contribution in [2.45, 2.75) is 19.3 Å². The Labute approximate surface area is 93.8 Å². The molecular weight excluding hydrogens is 214 g/mol. The molecule has 0 aliphatic rings. The Morgan fingerprint density at radius 1 is 1.53 bits per heavy atom. The second kappa shape index (κ2) is 6.37. The van der Waals surface area contributed by atoms with Crippen LogP contribution >= 0.6 is 11.6 Å². The smallest absolute Gasteiger partial charge is 0.225 e. The van der Waals surface area contributed by atoms with E-state index in [1.165, 1.54) is 0 Å². The molecular formula is C10H14ClN3O. The molecule has 5 heteroatoms. The molecule has 0 aromatic carbocycles. The normalized spacial score (nSPS) is 10.0. The SMILES string of the molecule is NCCCCC(=O)Nc1cc(Cl)ccn1. The highest BCUT2D eigenvalue weighted by atomic mass is 35.5. The number of hydrogen-bond acceptors (Lipinski definition) is 3. The number of nitrogens with two attached hydrogens (primary N) is 1. The summed E-state index contributed by atoms with van der Waals surface area (Å²) in [5.74, 6) is 0.429. The van der Waals surface area contributed by atoms with Crippen molar-refractivity contribution in [3.05, 3.63) is 23.4 Å². The first kappa shape index (κ1) is 11.9. The Balaban J connectivity index is 2.37. The number of nitrogens with zero attached hydrogens (tertiary/aromatic N) is 1. The summed E-state index contributed by atoms with van der Waals surface area (Å²) in [7, 11) is 0. The second-order valence-corrected chi connectivity index (χ2v) is 3.59. The molecule has 1 heterocycles. The first-order valence-electron chi connectivity index (χ1n) is 4.84. The zero-order valence-corrected chi connectivity index (χ0v) is 9.13. The summed E-state index contributed by atoms with van der Waals surface area (Å²) < 4.78 is 0. The Morgan fingerprint density at radius 3 is 3.00 bits per heavy atom. The third kappa shape index (κ3) is 4.76. The summed E-state index contributed by atoms with van der Waals surface area (Å²) in [6.45, 7) is 0.614. The molecule has 3 N–H and O–H groups in total. The lowest BCUT2D eigenvalue weighted by Crippen LogP contribution is -2.12. The van der Waals surface area contributed by atoms with E-state index in [2.05, 4.69) is 10.3 Å². The summed E-state index contributed by atoms with van der Waals surface area (Å²) in [6.07, 6.45) is 3.67. The van der Waals surface area contributed by atoms with Crippen molar-refractivity contribution in [2.75, 3.05) is 11.9 Å². The molecule has 4 nitrogen and oxygen atoms in total. The summed E-state index contributed by atoms with van der Waals surface area (Å²) in [5, 5.41) is 3.22. The number of anilines is 1. The maximum Gasteiger partial charge on any atom is 0.225 e. The lowest BCUT2D eigenvalue weighted by molar-refractivity contribution is -0.116. The molecule has 0 radical (unpaired) electrons. The minimum Gasteiger partial charge on any atom is -0.330 e. The number of aromatic nitrogens is 1. The van der Waals surface area contributed by atoms with Gasteiger partial charge in [-0.1, -0.05) is 11.6 Å². The van der Waals surface area contributed by atoms with Gasteiger partial charge in [-0.25, -0.2) is 4.98 Å². The van der Waals surface area contributed by atoms with Crippen LogP contribution in [0, 0.1) is 0 Å². The number of pyridine rings is 1. The number of hydrogen-bond donors (Lipinski definition) is 2. The number of nitrogens with one attached hydrogen (secondary N) is 1. The standard InChI is InChI=1S/C10H14ClN3O/c11-8-4-6-13-9(7-8)14-10(15)3-1-2-5-12/h4,6-7H,1-3,5,12H2,(H,13,14,15). The first-order chi connectivity index (χ1) is 7.22. The van der Waals surface area contributed by atoms with E-state index in [0.717, 1.165) is 12.8 Å². The van der Waals surface area contributed by atoms with Crippen molar-refractivity contribution >= 4 is 23.3 Å². The molecule has 0 atom stereocenters. The van der Waals surface area contributed by atoms with E-state index in [9.17, 15) is 4.79 Å². The lowest BCUT2D eigenvalue weighted by atomic mass is 10.2. The van der Waals surface area contributed by atoms with E-state index in [4.69, 9.17) is 17.3 Å². The molecule has 0 aliphatic carbocycles. The number of rotatable bonds is 5. The van der Waals surface area contributed by atoms with Gasteiger partial charge in [-0.15, -0.1) is 0 Å². The van der Waals surface area contributed by atoms with Crippen molar-refractivity contribution in [3.63, 3.8) is 0 Å². The predicted molar refractivity (Wildman–Crippen MR) is 60.8 cm³/mol. The molecule has 0 unspecified atom stereocenters. The van der Waals surface area contributed by atoms with Gasteiger partial charge in [-0.3, -0.25) is 4.79 Å². The fraction of sp³-hybridized carbons (Fsp3) is 0.400. The summed E-state index contributed by atoms with van der Waals surface area (Å²) >= 11 is 5.75. The highest BCUT2D eigenvalue weighted by molar-refractivity contribution is 6.30. The minimum absolute atomic E-state index is 0.0572. The van der Waals surface area contributed by atoms with Crippen LogP contribution in [0.3, 0.4) is 0 Å². The monoisotopic (exact) mass is 227 g/mol. The topological polar surface area (TPSA) is 68.0 Å². The van der Waals surface area contributed by atoms with Crippen LogP contribution in [0.2, 0.25) is 5.02 Å². The summed E-state index contributed by atoms with van der Waals surface area (Å²) in [6, 6.07) is 3.27. The van der Waals surface area contributed by atoms with Crippen molar-refractivity contribution in [3.8, 4) is 0 Å². The molecule has 82 valence electrons. The Kier molecular flexibility index (Phi) is 5.07. The van der Waals surface area contributed by atoms with Crippen molar-refractivity contribution < 1.29 is 4.79 Å². The van der Waals surface area contributed by atoms with E-state index >= 15 is 0 Å². The average molecular weight is 228 g/mol. The van der Waals surface area contributed by atoms with Gasteiger partial charge in [0.05, 0.1) is 0 Å². The van der Waals surface area contributed by atoms with Crippen molar-refractivity contribution in [2.24, 2.45) is 5.73 Å². The van der Waals surface area contributed by atoms with Gasteiger partial charge < -0.3 is 11.1 Å². The van der Waals surface area contributed by atoms with Gasteiger partial charge in [0.15, 0.2) is 0 Å². The Hall–Kier alpha value is -1.13. The molecule has 0 bridgehead atoms. The third-order valence-electron chi connectivity index (χ3n) is 1.85. The quantitative estimate of drug-likeness (QED) is 0.754. The van der Waals surface area contributed by atoms with Crippen LogP contribution in [-0.2, 0) is 4.79 Å². The van der Waals surface area contributed by atoms with Crippen LogP contribution in [0.5, 0.6) is 0 Å². The van der Waals surface area contributed by atoms with Crippen LogP contribution in [0.15, 0.2) is 18.3 Å². The minimum atomic E-state index is -0.0572. The number of unbranched alkanes of at least 4 members (excludes halogenated alkanes) is 1. The number of carbonyl (C=O) groups is 1. The highest BCUT2D eigenvalue weighted by Crippen LogP contribution is 2.12. The number of amides is 1. The Bertz CT molecular complexity index is 330. The number of halogens is 1. The van der Waals surface area contributed by atoms with Gasteiger partial charge in [-0.05, 0) is 31.5 Å².